The number of nitrogens with zero attached hydrogens (tertiary/aromatic N) is 4. The number of phenolic OH excluding ortho intramolecular Hbond substituents is 4. The summed E-state index contributed by atoms with van der Waals surface area (Å²) in [6, 6.07) is 34.0. The van der Waals surface area contributed by atoms with Gasteiger partial charge in [-0.1, -0.05) is 109 Å². The van der Waals surface area contributed by atoms with Crippen LogP contribution in [0.1, 0.15) is 179 Å². The van der Waals surface area contributed by atoms with Gasteiger partial charge in [-0.05, 0) is 167 Å². The van der Waals surface area contributed by atoms with Crippen LogP contribution >= 0.6 is 45.3 Å². The van der Waals surface area contributed by atoms with Crippen molar-refractivity contribution in [3.05, 3.63) is 142 Å². The van der Waals surface area contributed by atoms with Crippen molar-refractivity contribution in [2.24, 2.45) is 20.0 Å². The van der Waals surface area contributed by atoms with Crippen molar-refractivity contribution in [3.63, 3.8) is 0 Å². The van der Waals surface area contributed by atoms with Crippen molar-refractivity contribution in [1.82, 2.24) is 0 Å². The molecule has 0 saturated heterocycles. The highest BCUT2D eigenvalue weighted by Gasteiger charge is 2.30. The fourth-order valence-corrected chi connectivity index (χ4v) is 16.1. The maximum Gasteiger partial charge on any atom is 0.128 e. The Balaban J connectivity index is 1.03. The minimum absolute atomic E-state index is 0.0979. The lowest BCUT2D eigenvalue weighted by Gasteiger charge is -2.26. The highest BCUT2D eigenvalue weighted by Crippen LogP contribution is 2.48. The van der Waals surface area contributed by atoms with E-state index in [1.165, 1.54) is 0 Å². The molecular formula is C72H80N4O4S4. The van der Waals surface area contributed by atoms with Gasteiger partial charge >= 0.3 is 0 Å². The van der Waals surface area contributed by atoms with E-state index in [1.807, 2.05) is 24.9 Å². The van der Waals surface area contributed by atoms with Gasteiger partial charge in [0.05, 0.1) is 24.2 Å². The normalized spacial score (nSPS) is 18.8. The van der Waals surface area contributed by atoms with E-state index in [9.17, 15) is 20.4 Å². The van der Waals surface area contributed by atoms with Crippen LogP contribution in [0.4, 0.5) is 0 Å². The molecule has 2 aliphatic carbocycles. The van der Waals surface area contributed by atoms with Gasteiger partial charge in [0, 0.05) is 108 Å². The second-order valence-corrected chi connectivity index (χ2v) is 31.8. The third-order valence-electron chi connectivity index (χ3n) is 16.8. The van der Waals surface area contributed by atoms with Crippen molar-refractivity contribution in [1.29, 1.82) is 0 Å². The maximum atomic E-state index is 12.0. The van der Waals surface area contributed by atoms with E-state index in [0.717, 1.165) is 135 Å². The molecule has 1 aliphatic heterocycles. The van der Waals surface area contributed by atoms with E-state index in [4.69, 9.17) is 20.0 Å². The fourth-order valence-electron chi connectivity index (χ4n) is 12.0. The van der Waals surface area contributed by atoms with Crippen molar-refractivity contribution in [2.45, 2.75) is 180 Å². The number of fused-ring (bicyclic) bond motifs is 24. The maximum absolute atomic E-state index is 12.0. The Bertz CT molecular complexity index is 3390. The summed E-state index contributed by atoms with van der Waals surface area (Å²) in [5, 5.41) is 48.0. The molecular weight excluding hydrogens is 1110 g/mol. The predicted molar refractivity (Wildman–Crippen MR) is 361 cm³/mol. The number of benzene rings is 4. The first-order valence-electron chi connectivity index (χ1n) is 29.8. The van der Waals surface area contributed by atoms with Gasteiger partial charge in [0.2, 0.25) is 0 Å². The minimum atomic E-state index is -0.336. The molecule has 12 heteroatoms. The minimum Gasteiger partial charge on any atom is -0.507 e. The molecule has 4 aromatic heterocycles. The van der Waals surface area contributed by atoms with Crippen LogP contribution in [0, 0.1) is 0 Å². The number of rotatable bonds is 0. The summed E-state index contributed by atoms with van der Waals surface area (Å²) in [5.74, 6) is 0.993. The summed E-state index contributed by atoms with van der Waals surface area (Å²) in [6.45, 7) is 25.7. The zero-order chi connectivity index (χ0) is 59.6. The van der Waals surface area contributed by atoms with Gasteiger partial charge in [0.25, 0.3) is 0 Å². The zero-order valence-corrected chi connectivity index (χ0v) is 54.0. The first kappa shape index (κ1) is 59.3. The van der Waals surface area contributed by atoms with Crippen LogP contribution in [0.3, 0.4) is 0 Å². The number of phenols is 4. The van der Waals surface area contributed by atoms with Crippen LogP contribution in [0.15, 0.2) is 117 Å². The monoisotopic (exact) mass is 1190 g/mol. The standard InChI is InChI=1S/C72H80N4O4S4/c1-69(2,3)49-33-41-29-45(65(49)77)37-73-53-17-13-14-18-54(53)74-38-46-31-43(35-51(66(46)78)71(7,8)9)59-23-27-63(83-59)64-28-24-60(84-64)44-32-48(68(80)52(36-44)72(10,11)12)40-76-56-20-16-15-19-55(56)75-39-47-30-42(34-50(67(47)79)70(4,5)6)58-22-26-62(82-58)61-25-21-57(41)81-61/h21-40,53-56,77-80H,13-20H2,1-12H3/t53-,54-,55-,56-/m0/s1. The van der Waals surface area contributed by atoms with E-state index >= 15 is 0 Å². The van der Waals surface area contributed by atoms with Crippen LogP contribution in [-0.4, -0.2) is 69.5 Å². The van der Waals surface area contributed by atoms with Gasteiger partial charge in [0.15, 0.2) is 0 Å². The quantitative estimate of drug-likeness (QED) is 0.120. The number of thiophene rings is 4. The van der Waals surface area contributed by atoms with E-state index < -0.39 is 0 Å². The lowest BCUT2D eigenvalue weighted by Crippen LogP contribution is -2.27. The molecule has 0 spiro atoms. The Morgan fingerprint density at radius 1 is 0.298 bits per heavy atom. The molecule has 84 heavy (non-hydrogen) atoms. The van der Waals surface area contributed by atoms with Gasteiger partial charge in [-0.3, -0.25) is 20.0 Å². The molecule has 0 unspecified atom stereocenters. The molecule has 16 bridgehead atoms. The van der Waals surface area contributed by atoms with Gasteiger partial charge in [-0.25, -0.2) is 0 Å². The van der Waals surface area contributed by atoms with Crippen LogP contribution in [0.5, 0.6) is 23.0 Å². The predicted octanol–water partition coefficient (Wildman–Crippen LogP) is 20.0. The first-order chi connectivity index (χ1) is 39.8. The SMILES string of the molecule is CC(C)(C)c1cc2cc(c1O)C=N[C@H]1CCCC[C@@H]1N=Cc1cc(cc(C(C)(C)C)c1O)-c1ccc(s1)-c1ccc(s1)-c1cc(c(O)c(C(C)(C)C)c1)C=N[C@H]1CCCC[C@@H]1N=Cc1cc(cc(C(C)(C)C)c1O)-c1ccc(s1)-c1ccc-2s1. The van der Waals surface area contributed by atoms with Gasteiger partial charge in [-0.15, -0.1) is 45.3 Å². The van der Waals surface area contributed by atoms with Gasteiger partial charge < -0.3 is 20.4 Å². The van der Waals surface area contributed by atoms with E-state index in [2.05, 4.69) is 180 Å². The summed E-state index contributed by atoms with van der Waals surface area (Å²) in [4.78, 5) is 30.0. The lowest BCUT2D eigenvalue weighted by atomic mass is 9.84. The molecule has 8 aromatic rings. The zero-order valence-electron chi connectivity index (χ0n) is 50.7. The molecule has 11 rings (SSSR count). The molecule has 3 aliphatic rings. The van der Waals surface area contributed by atoms with E-state index in [1.54, 1.807) is 45.3 Å². The summed E-state index contributed by atoms with van der Waals surface area (Å²) in [5.41, 5.74) is 8.98. The van der Waals surface area contributed by atoms with Crippen molar-refractivity contribution >= 4 is 70.2 Å². The Labute approximate surface area is 513 Å². The molecule has 0 radical (unpaired) electrons. The molecule has 2 fully saturated rings. The van der Waals surface area contributed by atoms with Gasteiger partial charge in [0.1, 0.15) is 23.0 Å². The highest BCUT2D eigenvalue weighted by molar-refractivity contribution is 7.25. The lowest BCUT2D eigenvalue weighted by molar-refractivity contribution is 0.390. The summed E-state index contributed by atoms with van der Waals surface area (Å²) in [6.07, 6.45) is 15.2. The average molecular weight is 1190 g/mol. The van der Waals surface area contributed by atoms with Crippen molar-refractivity contribution in [2.75, 3.05) is 0 Å². The molecule has 436 valence electrons. The smallest absolute Gasteiger partial charge is 0.128 e. The molecule has 4 N–H and O–H groups in total. The summed E-state index contributed by atoms with van der Waals surface area (Å²) in [7, 11) is 0. The molecule has 4 atom stereocenters. The summed E-state index contributed by atoms with van der Waals surface area (Å²) >= 11 is 6.96. The Morgan fingerprint density at radius 3 is 0.679 bits per heavy atom. The van der Waals surface area contributed by atoms with Crippen LogP contribution < -0.4 is 0 Å². The topological polar surface area (TPSA) is 130 Å². The second kappa shape index (κ2) is 23.1. The van der Waals surface area contributed by atoms with Gasteiger partial charge in [-0.2, -0.15) is 0 Å². The Kier molecular flexibility index (Phi) is 16.3. The number of aromatic hydroxyl groups is 4. The summed E-state index contributed by atoms with van der Waals surface area (Å²) < 4.78 is 0. The molecule has 5 heterocycles. The molecule has 8 nitrogen and oxygen atoms in total. The number of aliphatic imine (C=N–C) groups is 4. The van der Waals surface area contributed by atoms with Crippen LogP contribution in [0.2, 0.25) is 0 Å². The van der Waals surface area contributed by atoms with Crippen molar-refractivity contribution in [3.8, 4) is 84.3 Å². The fraction of sp³-hybridized carbons (Fsp3) is 0.389. The van der Waals surface area contributed by atoms with E-state index in [-0.39, 0.29) is 68.8 Å². The van der Waals surface area contributed by atoms with Crippen LogP contribution in [0.25, 0.3) is 61.3 Å². The third-order valence-corrected chi connectivity index (χ3v) is 21.8. The Hall–Kier alpha value is -6.44. The molecule has 2 saturated carbocycles. The third kappa shape index (κ3) is 12.5. The highest BCUT2D eigenvalue weighted by atomic mass is 32.1. The molecule has 0 amide bonds. The first-order valence-corrected chi connectivity index (χ1v) is 33.1. The van der Waals surface area contributed by atoms with Crippen molar-refractivity contribution < 1.29 is 20.4 Å². The second-order valence-electron chi connectivity index (χ2n) is 27.5. The average Bonchev–Trinajstić information content (AvgIpc) is 3.21. The Morgan fingerprint density at radius 2 is 0.488 bits per heavy atom. The number of hydrogen-bond acceptors (Lipinski definition) is 12. The van der Waals surface area contributed by atoms with Crippen LogP contribution in [-0.2, 0) is 21.7 Å². The molecule has 4 aromatic carbocycles. The van der Waals surface area contributed by atoms with E-state index in [0.29, 0.717) is 22.3 Å². The largest absolute Gasteiger partial charge is 0.507 e. The number of hydrogen-bond donors (Lipinski definition) is 4.